The van der Waals surface area contributed by atoms with Crippen molar-refractivity contribution in [3.63, 3.8) is 0 Å². The van der Waals surface area contributed by atoms with Gasteiger partial charge in [-0.15, -0.1) is 0 Å². The quantitative estimate of drug-likeness (QED) is 0.628. The van der Waals surface area contributed by atoms with Crippen LogP contribution >= 0.6 is 11.6 Å². The molecule has 0 saturated heterocycles. The van der Waals surface area contributed by atoms with E-state index in [1.807, 2.05) is 0 Å². The van der Waals surface area contributed by atoms with Gasteiger partial charge < -0.3 is 11.1 Å². The van der Waals surface area contributed by atoms with Crippen molar-refractivity contribution < 1.29 is 9.72 Å². The molecule has 1 aromatic carbocycles. The molecule has 92 valence electrons. The van der Waals surface area contributed by atoms with Crippen molar-refractivity contribution >= 4 is 23.2 Å². The molecule has 0 fully saturated rings. The van der Waals surface area contributed by atoms with Crippen molar-refractivity contribution in [2.75, 3.05) is 6.54 Å². The van der Waals surface area contributed by atoms with Gasteiger partial charge in [0.2, 0.25) is 0 Å². The molecule has 0 radical (unpaired) electrons. The van der Waals surface area contributed by atoms with Gasteiger partial charge in [-0.25, -0.2) is 0 Å². The largest absolute Gasteiger partial charge is 0.350 e. The molecule has 0 heterocycles. The standard InChI is InChI=1S/C10H12ClN3O3/c1-6(12)5-13-10(15)8-3-2-7(11)4-9(8)14(16)17/h2-4,6H,5,12H2,1H3,(H,13,15). The summed E-state index contributed by atoms with van der Waals surface area (Å²) >= 11 is 5.64. The van der Waals surface area contributed by atoms with E-state index in [0.717, 1.165) is 6.07 Å². The van der Waals surface area contributed by atoms with Crippen molar-refractivity contribution in [2.24, 2.45) is 5.73 Å². The smallest absolute Gasteiger partial charge is 0.283 e. The van der Waals surface area contributed by atoms with E-state index in [4.69, 9.17) is 17.3 Å². The molecule has 1 rings (SSSR count). The van der Waals surface area contributed by atoms with Gasteiger partial charge in [-0.1, -0.05) is 11.6 Å². The Labute approximate surface area is 103 Å². The van der Waals surface area contributed by atoms with Gasteiger partial charge in [0.15, 0.2) is 0 Å². The molecule has 0 aliphatic rings. The normalized spacial score (nSPS) is 11.9. The molecule has 1 amide bonds. The third-order valence-electron chi connectivity index (χ3n) is 1.99. The molecule has 17 heavy (non-hydrogen) atoms. The minimum Gasteiger partial charge on any atom is -0.350 e. The molecule has 0 aliphatic heterocycles. The number of nitrogens with two attached hydrogens (primary N) is 1. The van der Waals surface area contributed by atoms with E-state index < -0.39 is 10.8 Å². The maximum Gasteiger partial charge on any atom is 0.283 e. The molecule has 0 spiro atoms. The predicted molar refractivity (Wildman–Crippen MR) is 64.1 cm³/mol. The highest BCUT2D eigenvalue weighted by atomic mass is 35.5. The number of benzene rings is 1. The highest BCUT2D eigenvalue weighted by molar-refractivity contribution is 6.31. The fraction of sp³-hybridized carbons (Fsp3) is 0.300. The van der Waals surface area contributed by atoms with Crippen molar-refractivity contribution in [2.45, 2.75) is 13.0 Å². The number of nitrogens with zero attached hydrogens (tertiary/aromatic N) is 1. The summed E-state index contributed by atoms with van der Waals surface area (Å²) in [6, 6.07) is 3.67. The van der Waals surface area contributed by atoms with Crippen LogP contribution in [-0.4, -0.2) is 23.4 Å². The van der Waals surface area contributed by atoms with Gasteiger partial charge in [-0.2, -0.15) is 0 Å². The van der Waals surface area contributed by atoms with Crippen LogP contribution in [0.4, 0.5) is 5.69 Å². The molecule has 0 saturated carbocycles. The summed E-state index contributed by atoms with van der Waals surface area (Å²) in [5.41, 5.74) is 5.12. The van der Waals surface area contributed by atoms with Crippen molar-refractivity contribution in [1.82, 2.24) is 5.32 Å². The van der Waals surface area contributed by atoms with Crippen molar-refractivity contribution in [1.29, 1.82) is 0 Å². The molecular formula is C10H12ClN3O3. The Morgan fingerprint density at radius 1 is 1.65 bits per heavy atom. The van der Waals surface area contributed by atoms with Crippen LogP contribution in [0, 0.1) is 10.1 Å². The lowest BCUT2D eigenvalue weighted by molar-refractivity contribution is -0.385. The summed E-state index contributed by atoms with van der Waals surface area (Å²) in [5, 5.41) is 13.5. The SMILES string of the molecule is CC(N)CNC(=O)c1ccc(Cl)cc1[N+](=O)[O-]. The second-order valence-electron chi connectivity index (χ2n) is 3.61. The van der Waals surface area contributed by atoms with Crippen LogP contribution in [-0.2, 0) is 0 Å². The van der Waals surface area contributed by atoms with Crippen LogP contribution in [0.25, 0.3) is 0 Å². The molecule has 7 heteroatoms. The highest BCUT2D eigenvalue weighted by Crippen LogP contribution is 2.22. The summed E-state index contributed by atoms with van der Waals surface area (Å²) in [5.74, 6) is -0.536. The number of hydrogen-bond donors (Lipinski definition) is 2. The monoisotopic (exact) mass is 257 g/mol. The van der Waals surface area contributed by atoms with Crippen LogP contribution in [0.5, 0.6) is 0 Å². The molecule has 1 atom stereocenters. The Bertz CT molecular complexity index is 448. The molecule has 0 aromatic heterocycles. The summed E-state index contributed by atoms with van der Waals surface area (Å²) in [7, 11) is 0. The first kappa shape index (κ1) is 13.4. The summed E-state index contributed by atoms with van der Waals surface area (Å²) in [6.45, 7) is 1.97. The minimum atomic E-state index is -0.646. The van der Waals surface area contributed by atoms with Crippen molar-refractivity contribution in [3.8, 4) is 0 Å². The van der Waals surface area contributed by atoms with Crippen molar-refractivity contribution in [3.05, 3.63) is 38.9 Å². The van der Waals surface area contributed by atoms with Gasteiger partial charge in [0.1, 0.15) is 5.56 Å². The fourth-order valence-electron chi connectivity index (χ4n) is 1.20. The van der Waals surface area contributed by atoms with E-state index in [0.29, 0.717) is 0 Å². The van der Waals surface area contributed by atoms with Gasteiger partial charge in [0.25, 0.3) is 11.6 Å². The maximum atomic E-state index is 11.7. The number of rotatable bonds is 4. The van der Waals surface area contributed by atoms with Crippen LogP contribution in [0.1, 0.15) is 17.3 Å². The van der Waals surface area contributed by atoms with E-state index in [1.165, 1.54) is 12.1 Å². The zero-order chi connectivity index (χ0) is 13.0. The first-order valence-electron chi connectivity index (χ1n) is 4.89. The number of nitro benzene ring substituents is 1. The average molecular weight is 258 g/mol. The molecule has 6 nitrogen and oxygen atoms in total. The first-order valence-corrected chi connectivity index (χ1v) is 5.27. The number of halogens is 1. The number of carbonyl (C=O) groups excluding carboxylic acids is 1. The Kier molecular flexibility index (Phi) is 4.42. The molecule has 0 bridgehead atoms. The summed E-state index contributed by atoms with van der Waals surface area (Å²) in [4.78, 5) is 21.8. The van der Waals surface area contributed by atoms with E-state index in [1.54, 1.807) is 6.92 Å². The molecule has 1 unspecified atom stereocenters. The highest BCUT2D eigenvalue weighted by Gasteiger charge is 2.20. The van der Waals surface area contributed by atoms with Gasteiger partial charge in [-0.3, -0.25) is 14.9 Å². The lowest BCUT2D eigenvalue weighted by Gasteiger charge is -2.08. The summed E-state index contributed by atoms with van der Waals surface area (Å²) < 4.78 is 0. The van der Waals surface area contributed by atoms with Crippen LogP contribution in [0.2, 0.25) is 5.02 Å². The fourth-order valence-corrected chi connectivity index (χ4v) is 1.36. The van der Waals surface area contributed by atoms with Gasteiger partial charge in [0.05, 0.1) is 4.92 Å². The third-order valence-corrected chi connectivity index (χ3v) is 2.22. The summed E-state index contributed by atoms with van der Waals surface area (Å²) in [6.07, 6.45) is 0. The van der Waals surface area contributed by atoms with E-state index >= 15 is 0 Å². The molecular weight excluding hydrogens is 246 g/mol. The number of nitro groups is 1. The second kappa shape index (κ2) is 5.60. The maximum absolute atomic E-state index is 11.7. The molecule has 0 aliphatic carbocycles. The predicted octanol–water partition coefficient (Wildman–Crippen LogP) is 1.33. The lowest BCUT2D eigenvalue weighted by Crippen LogP contribution is -2.35. The average Bonchev–Trinajstić information content (AvgIpc) is 2.25. The first-order chi connectivity index (χ1) is 7.91. The van der Waals surface area contributed by atoms with Crippen LogP contribution in [0.15, 0.2) is 18.2 Å². The topological polar surface area (TPSA) is 98.3 Å². The third kappa shape index (κ3) is 3.69. The van der Waals surface area contributed by atoms with Gasteiger partial charge in [0, 0.05) is 23.7 Å². The Morgan fingerprint density at radius 3 is 2.82 bits per heavy atom. The zero-order valence-corrected chi connectivity index (χ0v) is 9.90. The van der Waals surface area contributed by atoms with E-state index in [9.17, 15) is 14.9 Å². The van der Waals surface area contributed by atoms with E-state index in [2.05, 4.69) is 5.32 Å². The Morgan fingerprint density at radius 2 is 2.29 bits per heavy atom. The minimum absolute atomic E-state index is 0.0277. The van der Waals surface area contributed by atoms with Crippen LogP contribution < -0.4 is 11.1 Å². The molecule has 1 aromatic rings. The second-order valence-corrected chi connectivity index (χ2v) is 4.04. The van der Waals surface area contributed by atoms with Gasteiger partial charge >= 0.3 is 0 Å². The number of hydrogen-bond acceptors (Lipinski definition) is 4. The number of nitrogens with one attached hydrogen (secondary N) is 1. The number of amides is 1. The van der Waals surface area contributed by atoms with E-state index in [-0.39, 0.29) is 28.9 Å². The Balaban J connectivity index is 2.96. The van der Waals surface area contributed by atoms with Crippen LogP contribution in [0.3, 0.4) is 0 Å². The molecule has 3 N–H and O–H groups in total. The zero-order valence-electron chi connectivity index (χ0n) is 9.14. The van der Waals surface area contributed by atoms with Gasteiger partial charge in [-0.05, 0) is 19.1 Å². The lowest BCUT2D eigenvalue weighted by atomic mass is 10.1. The number of carbonyl (C=O) groups is 1. The Hall–Kier alpha value is -1.66.